The lowest BCUT2D eigenvalue weighted by Crippen LogP contribution is -2.46. The third-order valence-corrected chi connectivity index (χ3v) is 12.2. The molecule has 0 fully saturated rings. The highest BCUT2D eigenvalue weighted by Crippen LogP contribution is 2.16. The number of rotatable bonds is 45. The molecule has 0 aliphatic rings. The first-order valence-corrected chi connectivity index (χ1v) is 26.1. The lowest BCUT2D eigenvalue weighted by atomic mass is 10.0. The van der Waals surface area contributed by atoms with Gasteiger partial charge in [0.15, 0.2) is 0 Å². The number of aliphatic hydroxyl groups excluding tert-OH is 1. The number of amides is 1. The van der Waals surface area contributed by atoms with Crippen molar-refractivity contribution in [1.82, 2.24) is 5.32 Å². The van der Waals surface area contributed by atoms with Crippen LogP contribution in [0.2, 0.25) is 0 Å². The lowest BCUT2D eigenvalue weighted by Gasteiger charge is -2.21. The van der Waals surface area contributed by atoms with Gasteiger partial charge in [0.1, 0.15) is 0 Å². The first kappa shape index (κ1) is 54.8. The topological polar surface area (TPSA) is 104 Å². The van der Waals surface area contributed by atoms with Gasteiger partial charge in [0.05, 0.1) is 17.9 Å². The Morgan fingerprint density at radius 1 is 0.464 bits per heavy atom. The highest BCUT2D eigenvalue weighted by atomic mass is 32.2. The van der Waals surface area contributed by atoms with E-state index in [0.29, 0.717) is 6.42 Å². The van der Waals surface area contributed by atoms with Crippen LogP contribution < -0.4 is 5.32 Å². The standard InChI is InChI=1S/C49H95NO5S/c1-3-5-7-9-11-13-15-17-19-21-23-24-25-26-27-29-31-33-35-37-39-41-43-45-49(52)50-47(46-56(53,54)55)48(51)44-42-40-38-36-34-32-30-28-22-20-18-16-14-12-10-8-6-4-2/h21,23,42,44,47-48,51H,3-20,22,24-41,43,45-46H2,1-2H3,(H,50,52)(H,53,54,55)/b23-21-,44-42+. The third-order valence-electron chi connectivity index (χ3n) is 11.4. The van der Waals surface area contributed by atoms with Crippen molar-refractivity contribution in [2.24, 2.45) is 0 Å². The van der Waals surface area contributed by atoms with Crippen LogP contribution in [0.1, 0.15) is 264 Å². The van der Waals surface area contributed by atoms with Crippen LogP contribution in [0.3, 0.4) is 0 Å². The minimum Gasteiger partial charge on any atom is -0.387 e. The Kier molecular flexibility index (Phi) is 42.5. The van der Waals surface area contributed by atoms with Crippen molar-refractivity contribution in [3.8, 4) is 0 Å². The number of unbranched alkanes of at least 4 members (excludes halogenated alkanes) is 35. The van der Waals surface area contributed by atoms with Crippen LogP contribution in [0.5, 0.6) is 0 Å². The summed E-state index contributed by atoms with van der Waals surface area (Å²) < 4.78 is 32.6. The number of nitrogens with one attached hydrogen (secondary N) is 1. The van der Waals surface area contributed by atoms with Gasteiger partial charge in [-0.05, 0) is 44.9 Å². The predicted octanol–water partition coefficient (Wildman–Crippen LogP) is 15.1. The largest absolute Gasteiger partial charge is 0.387 e. The predicted molar refractivity (Wildman–Crippen MR) is 244 cm³/mol. The molecule has 0 bridgehead atoms. The fraction of sp³-hybridized carbons (Fsp3) is 0.898. The summed E-state index contributed by atoms with van der Waals surface area (Å²) in [7, 11) is -4.35. The number of carbonyl (C=O) groups excluding carboxylic acids is 1. The van der Waals surface area contributed by atoms with E-state index in [1.54, 1.807) is 6.08 Å². The number of allylic oxidation sites excluding steroid dienone is 3. The van der Waals surface area contributed by atoms with E-state index in [9.17, 15) is 22.9 Å². The van der Waals surface area contributed by atoms with Gasteiger partial charge in [-0.2, -0.15) is 8.42 Å². The summed E-state index contributed by atoms with van der Waals surface area (Å²) in [4.78, 5) is 12.6. The van der Waals surface area contributed by atoms with Gasteiger partial charge in [-0.15, -0.1) is 0 Å². The van der Waals surface area contributed by atoms with Crippen molar-refractivity contribution in [3.05, 3.63) is 24.3 Å². The van der Waals surface area contributed by atoms with E-state index < -0.39 is 28.0 Å². The van der Waals surface area contributed by atoms with Gasteiger partial charge in [0, 0.05) is 6.42 Å². The van der Waals surface area contributed by atoms with Crippen molar-refractivity contribution in [2.45, 2.75) is 276 Å². The Hall–Kier alpha value is -1.18. The summed E-state index contributed by atoms with van der Waals surface area (Å²) in [5, 5.41) is 13.3. The first-order valence-electron chi connectivity index (χ1n) is 24.5. The minimum absolute atomic E-state index is 0.275. The molecule has 0 aromatic carbocycles. The van der Waals surface area contributed by atoms with E-state index in [0.717, 1.165) is 38.5 Å². The van der Waals surface area contributed by atoms with Crippen LogP contribution in [0.25, 0.3) is 0 Å². The van der Waals surface area contributed by atoms with Gasteiger partial charge in [0.2, 0.25) is 5.91 Å². The van der Waals surface area contributed by atoms with Gasteiger partial charge >= 0.3 is 0 Å². The molecule has 7 heteroatoms. The van der Waals surface area contributed by atoms with E-state index in [4.69, 9.17) is 0 Å². The molecule has 0 aromatic rings. The maximum absolute atomic E-state index is 12.6. The van der Waals surface area contributed by atoms with Crippen molar-refractivity contribution < 1.29 is 22.9 Å². The molecular weight excluding hydrogens is 715 g/mol. The van der Waals surface area contributed by atoms with Gasteiger partial charge in [-0.3, -0.25) is 9.35 Å². The van der Waals surface area contributed by atoms with E-state index >= 15 is 0 Å². The molecule has 332 valence electrons. The van der Waals surface area contributed by atoms with Crippen LogP contribution in [-0.2, 0) is 14.9 Å². The summed E-state index contributed by atoms with van der Waals surface area (Å²) in [6.45, 7) is 4.55. The quantitative estimate of drug-likeness (QED) is 0.0323. The number of hydrogen-bond acceptors (Lipinski definition) is 4. The molecule has 0 aliphatic heterocycles. The Bertz CT molecular complexity index is 981. The molecule has 3 N–H and O–H groups in total. The third kappa shape index (κ3) is 43.9. The van der Waals surface area contributed by atoms with Crippen molar-refractivity contribution >= 4 is 16.0 Å². The Morgan fingerprint density at radius 3 is 1.07 bits per heavy atom. The van der Waals surface area contributed by atoms with E-state index in [2.05, 4.69) is 31.3 Å². The SMILES string of the molecule is CCCCCCCCCC/C=C\CCCCCCCCCCCCCC(=O)NC(CS(=O)(=O)O)C(O)/C=C/CCCCCCCCCCCCCCCCCC. The summed E-state index contributed by atoms with van der Waals surface area (Å²) in [5.41, 5.74) is 0. The highest BCUT2D eigenvalue weighted by molar-refractivity contribution is 7.85. The normalized spacial score (nSPS) is 13.3. The molecule has 56 heavy (non-hydrogen) atoms. The van der Waals surface area contributed by atoms with Gasteiger partial charge in [-0.1, -0.05) is 237 Å². The fourth-order valence-electron chi connectivity index (χ4n) is 7.68. The fourth-order valence-corrected chi connectivity index (χ4v) is 8.42. The monoisotopic (exact) mass is 810 g/mol. The van der Waals surface area contributed by atoms with Gasteiger partial charge < -0.3 is 10.4 Å². The molecule has 0 saturated carbocycles. The van der Waals surface area contributed by atoms with Crippen LogP contribution in [0.4, 0.5) is 0 Å². The van der Waals surface area contributed by atoms with Crippen LogP contribution in [-0.4, -0.2) is 41.9 Å². The number of aliphatic hydroxyl groups is 1. The highest BCUT2D eigenvalue weighted by Gasteiger charge is 2.24. The van der Waals surface area contributed by atoms with E-state index in [1.165, 1.54) is 205 Å². The molecule has 0 radical (unpaired) electrons. The average molecular weight is 810 g/mol. The summed E-state index contributed by atoms with van der Waals surface area (Å²) in [6.07, 6.45) is 56.1. The van der Waals surface area contributed by atoms with Crippen molar-refractivity contribution in [3.63, 3.8) is 0 Å². The van der Waals surface area contributed by atoms with Gasteiger partial charge in [0.25, 0.3) is 10.1 Å². The molecule has 6 nitrogen and oxygen atoms in total. The molecular formula is C49H95NO5S. The Balaban J connectivity index is 3.79. The first-order chi connectivity index (χ1) is 27.3. The molecule has 0 aromatic heterocycles. The van der Waals surface area contributed by atoms with E-state index in [-0.39, 0.29) is 5.91 Å². The second kappa shape index (κ2) is 43.4. The van der Waals surface area contributed by atoms with Crippen LogP contribution >= 0.6 is 0 Å². The maximum atomic E-state index is 12.6. The van der Waals surface area contributed by atoms with Crippen LogP contribution in [0, 0.1) is 0 Å². The lowest BCUT2D eigenvalue weighted by molar-refractivity contribution is -0.122. The number of hydrogen-bond donors (Lipinski definition) is 3. The van der Waals surface area contributed by atoms with E-state index in [1.807, 2.05) is 6.08 Å². The zero-order valence-corrected chi connectivity index (χ0v) is 38.1. The molecule has 0 rings (SSSR count). The van der Waals surface area contributed by atoms with Crippen molar-refractivity contribution in [1.29, 1.82) is 0 Å². The second-order valence-electron chi connectivity index (χ2n) is 17.1. The summed E-state index contributed by atoms with van der Waals surface area (Å²) in [6, 6.07) is -1.06. The van der Waals surface area contributed by atoms with Crippen LogP contribution in [0.15, 0.2) is 24.3 Å². The Morgan fingerprint density at radius 2 is 0.750 bits per heavy atom. The summed E-state index contributed by atoms with van der Waals surface area (Å²) >= 11 is 0. The minimum atomic E-state index is -4.35. The number of carbonyl (C=O) groups is 1. The van der Waals surface area contributed by atoms with Crippen molar-refractivity contribution in [2.75, 3.05) is 5.75 Å². The molecule has 1 amide bonds. The molecule has 0 heterocycles. The zero-order chi connectivity index (χ0) is 41.1. The molecule has 2 atom stereocenters. The average Bonchev–Trinajstić information content (AvgIpc) is 3.16. The second-order valence-corrected chi connectivity index (χ2v) is 18.6. The Labute approximate surface area is 349 Å². The molecule has 0 spiro atoms. The summed E-state index contributed by atoms with van der Waals surface area (Å²) in [5.74, 6) is -0.970. The molecule has 2 unspecified atom stereocenters. The van der Waals surface area contributed by atoms with Gasteiger partial charge in [-0.25, -0.2) is 0 Å². The zero-order valence-electron chi connectivity index (χ0n) is 37.3. The smallest absolute Gasteiger partial charge is 0.267 e. The molecule has 0 aliphatic carbocycles. The molecule has 0 saturated heterocycles. The maximum Gasteiger partial charge on any atom is 0.267 e.